The molecule has 0 atom stereocenters. The Morgan fingerprint density at radius 1 is 1.20 bits per heavy atom. The van der Waals surface area contributed by atoms with E-state index in [-0.39, 0.29) is 0 Å². The first-order chi connectivity index (χ1) is 4.46. The summed E-state index contributed by atoms with van der Waals surface area (Å²) < 4.78 is -0.397. The van der Waals surface area contributed by atoms with E-state index in [0.29, 0.717) is 0 Å². The lowest BCUT2D eigenvalue weighted by molar-refractivity contribution is -0.134. The fourth-order valence-electron chi connectivity index (χ4n) is 0.188. The van der Waals surface area contributed by atoms with Crippen LogP contribution < -0.4 is 0 Å². The first-order valence-electron chi connectivity index (χ1n) is 1.98. The van der Waals surface area contributed by atoms with Gasteiger partial charge in [0.15, 0.2) is 0 Å². The van der Waals surface area contributed by atoms with Gasteiger partial charge in [-0.2, -0.15) is 0 Å². The largest absolute Gasteiger partial charge is 0.477 e. The molecule has 0 aliphatic rings. The van der Waals surface area contributed by atoms with Gasteiger partial charge in [0.2, 0.25) is 0 Å². The number of aliphatic carboxylic acids is 2. The van der Waals surface area contributed by atoms with Crippen molar-refractivity contribution < 1.29 is 19.8 Å². The molecule has 0 aliphatic heterocycles. The zero-order valence-corrected chi connectivity index (χ0v) is 7.38. The molecular weight excluding hydrogens is 274 g/mol. The van der Waals surface area contributed by atoms with Crippen LogP contribution >= 0.6 is 34.2 Å². The van der Waals surface area contributed by atoms with Gasteiger partial charge in [-0.3, -0.25) is 0 Å². The summed E-state index contributed by atoms with van der Waals surface area (Å²) in [7, 11) is 0. The van der Waals surface area contributed by atoms with E-state index in [9.17, 15) is 9.59 Å². The maximum Gasteiger partial charge on any atom is 0.348 e. The third-order valence-corrected chi connectivity index (χ3v) is 2.24. The van der Waals surface area contributed by atoms with Gasteiger partial charge in [0.1, 0.15) is 8.61 Å². The maximum absolute atomic E-state index is 10.0. The van der Waals surface area contributed by atoms with Gasteiger partial charge in [0, 0.05) is 0 Å². The Bertz CT molecular complexity index is 187. The van der Waals surface area contributed by atoms with Gasteiger partial charge in [-0.25, -0.2) is 9.59 Å². The van der Waals surface area contributed by atoms with Crippen LogP contribution in [-0.2, 0) is 9.59 Å². The summed E-state index contributed by atoms with van der Waals surface area (Å²) >= 11 is 6.39. The van der Waals surface area contributed by atoms with Crippen molar-refractivity contribution in [3.05, 3.63) is 8.61 Å². The Hall–Kier alpha value is -0.300. The summed E-state index contributed by atoms with van der Waals surface area (Å²) in [6.45, 7) is 0. The maximum atomic E-state index is 10.0. The molecule has 0 saturated heterocycles. The molecule has 0 amide bonds. The van der Waals surface area contributed by atoms with Crippen molar-refractivity contribution in [3.63, 3.8) is 0 Å². The second kappa shape index (κ2) is 3.77. The minimum absolute atomic E-state index is 0.397. The first-order valence-corrected chi connectivity index (χ1v) is 3.44. The average molecular weight is 276 g/mol. The third kappa shape index (κ3) is 2.53. The predicted octanol–water partition coefficient (Wildman–Crippen LogP) is 1.04. The highest BCUT2D eigenvalue weighted by molar-refractivity contribution is 14.1. The van der Waals surface area contributed by atoms with Crippen molar-refractivity contribution in [2.75, 3.05) is 0 Å². The summed E-state index contributed by atoms with van der Waals surface area (Å²) in [5.41, 5.74) is 0. The average Bonchev–Trinajstić information content (AvgIpc) is 1.84. The van der Waals surface area contributed by atoms with E-state index in [2.05, 4.69) is 0 Å². The van der Waals surface area contributed by atoms with Gasteiger partial charge in [0.25, 0.3) is 0 Å². The number of carbonyl (C=O) groups is 2. The lowest BCUT2D eigenvalue weighted by Crippen LogP contribution is -2.02. The molecule has 0 spiro atoms. The van der Waals surface area contributed by atoms with Crippen molar-refractivity contribution in [2.45, 2.75) is 0 Å². The van der Waals surface area contributed by atoms with Crippen molar-refractivity contribution in [2.24, 2.45) is 0 Å². The zero-order valence-electron chi connectivity index (χ0n) is 4.47. The number of hydrogen-bond donors (Lipinski definition) is 2. The molecule has 0 rings (SSSR count). The molecule has 0 aromatic heterocycles. The molecule has 4 nitrogen and oxygen atoms in total. The molecular formula is C4H2ClIO4. The van der Waals surface area contributed by atoms with Crippen LogP contribution in [0.4, 0.5) is 0 Å². The fourth-order valence-corrected chi connectivity index (χ4v) is 0.499. The van der Waals surface area contributed by atoms with Crippen LogP contribution in [0.15, 0.2) is 8.61 Å². The Kier molecular flexibility index (Phi) is 3.66. The van der Waals surface area contributed by atoms with Crippen LogP contribution in [-0.4, -0.2) is 22.2 Å². The molecule has 6 heteroatoms. The third-order valence-electron chi connectivity index (χ3n) is 0.568. The van der Waals surface area contributed by atoms with Crippen LogP contribution in [0.5, 0.6) is 0 Å². The predicted molar refractivity (Wildman–Crippen MR) is 42.2 cm³/mol. The minimum Gasteiger partial charge on any atom is -0.477 e. The van der Waals surface area contributed by atoms with E-state index in [1.165, 1.54) is 22.6 Å². The lowest BCUT2D eigenvalue weighted by Gasteiger charge is -1.91. The van der Waals surface area contributed by atoms with Gasteiger partial charge in [-0.05, 0) is 22.6 Å². The van der Waals surface area contributed by atoms with Gasteiger partial charge in [-0.15, -0.1) is 0 Å². The van der Waals surface area contributed by atoms with Crippen molar-refractivity contribution in [1.29, 1.82) is 0 Å². The summed E-state index contributed by atoms with van der Waals surface area (Å²) in [4.78, 5) is 20.0. The molecule has 0 bridgehead atoms. The highest BCUT2D eigenvalue weighted by Crippen LogP contribution is 2.16. The second-order valence-electron chi connectivity index (χ2n) is 1.24. The van der Waals surface area contributed by atoms with E-state index in [1.807, 2.05) is 0 Å². The molecule has 0 radical (unpaired) electrons. The molecule has 2 N–H and O–H groups in total. The van der Waals surface area contributed by atoms with Gasteiger partial charge < -0.3 is 10.2 Å². The quantitative estimate of drug-likeness (QED) is 0.584. The molecule has 0 heterocycles. The summed E-state index contributed by atoms with van der Waals surface area (Å²) in [6.07, 6.45) is 0. The highest BCUT2D eigenvalue weighted by atomic mass is 127. The Labute approximate surface area is 74.6 Å². The fraction of sp³-hybridized carbons (Fsp3) is 0. The van der Waals surface area contributed by atoms with Crippen molar-refractivity contribution >= 4 is 46.1 Å². The summed E-state index contributed by atoms with van der Waals surface area (Å²) in [6, 6.07) is 0. The lowest BCUT2D eigenvalue weighted by atomic mass is 10.5. The second-order valence-corrected chi connectivity index (χ2v) is 2.69. The number of carboxylic acid groups (broad SMARTS) is 2. The van der Waals surface area contributed by atoms with Gasteiger partial charge in [0.05, 0.1) is 0 Å². The molecule has 0 aromatic carbocycles. The van der Waals surface area contributed by atoms with E-state index in [0.717, 1.165) is 0 Å². The molecule has 10 heavy (non-hydrogen) atoms. The molecule has 0 fully saturated rings. The summed E-state index contributed by atoms with van der Waals surface area (Å²) in [5.74, 6) is -2.78. The number of halogens is 2. The number of rotatable bonds is 2. The topological polar surface area (TPSA) is 74.6 Å². The van der Waals surface area contributed by atoms with Crippen LogP contribution in [0.3, 0.4) is 0 Å². The molecule has 0 unspecified atom stereocenters. The van der Waals surface area contributed by atoms with Crippen LogP contribution in [0.2, 0.25) is 0 Å². The van der Waals surface area contributed by atoms with E-state index < -0.39 is 20.6 Å². The van der Waals surface area contributed by atoms with Gasteiger partial charge >= 0.3 is 11.9 Å². The number of hydrogen-bond acceptors (Lipinski definition) is 2. The zero-order chi connectivity index (χ0) is 8.31. The molecule has 0 aromatic rings. The summed E-state index contributed by atoms with van der Waals surface area (Å²) in [5, 5.41) is 15.7. The Morgan fingerprint density at radius 2 is 1.60 bits per heavy atom. The highest BCUT2D eigenvalue weighted by Gasteiger charge is 2.14. The molecule has 0 saturated carbocycles. The Balaban J connectivity index is 4.67. The molecule has 0 aliphatic carbocycles. The van der Waals surface area contributed by atoms with Crippen LogP contribution in [0, 0.1) is 0 Å². The monoisotopic (exact) mass is 276 g/mol. The SMILES string of the molecule is O=C(O)C(Cl)=C(I)C(=O)O. The first kappa shape index (κ1) is 9.70. The van der Waals surface area contributed by atoms with E-state index >= 15 is 0 Å². The van der Waals surface area contributed by atoms with Crippen LogP contribution in [0.25, 0.3) is 0 Å². The Morgan fingerprint density at radius 3 is 1.70 bits per heavy atom. The van der Waals surface area contributed by atoms with Crippen LogP contribution in [0.1, 0.15) is 0 Å². The van der Waals surface area contributed by atoms with Gasteiger partial charge in [-0.1, -0.05) is 11.6 Å². The molecule has 56 valence electrons. The minimum atomic E-state index is -1.44. The van der Waals surface area contributed by atoms with E-state index in [4.69, 9.17) is 21.8 Å². The standard InChI is InChI=1S/C4H2ClIO4/c5-1(3(7)8)2(6)4(9)10/h(H,7,8)(H,9,10). The smallest absolute Gasteiger partial charge is 0.348 e. The number of carboxylic acids is 2. The van der Waals surface area contributed by atoms with Crippen molar-refractivity contribution in [3.8, 4) is 0 Å². The van der Waals surface area contributed by atoms with E-state index in [1.54, 1.807) is 0 Å². The normalized spacial score (nSPS) is 12.2. The van der Waals surface area contributed by atoms with Crippen molar-refractivity contribution in [1.82, 2.24) is 0 Å².